The van der Waals surface area contributed by atoms with Crippen molar-refractivity contribution in [3.8, 4) is 0 Å². The van der Waals surface area contributed by atoms with E-state index >= 15 is 0 Å². The molecule has 0 aromatic carbocycles. The average Bonchev–Trinajstić information content (AvgIpc) is 3.22. The summed E-state index contributed by atoms with van der Waals surface area (Å²) in [7, 11) is 0. The van der Waals surface area contributed by atoms with Crippen LogP contribution in [0.25, 0.3) is 0 Å². The van der Waals surface area contributed by atoms with E-state index in [0.717, 1.165) is 0 Å². The molecule has 30 heavy (non-hydrogen) atoms. The van der Waals surface area contributed by atoms with Crippen LogP contribution in [0.15, 0.2) is 34.9 Å². The van der Waals surface area contributed by atoms with Gasteiger partial charge in [0.05, 0.1) is 11.8 Å². The van der Waals surface area contributed by atoms with Crippen molar-refractivity contribution < 1.29 is 38.4 Å². The number of carbonyl (C=O) groups is 3. The van der Waals surface area contributed by atoms with Gasteiger partial charge in [0.15, 0.2) is 6.10 Å². The molecule has 4 rings (SSSR count). The number of epoxide rings is 1. The maximum absolute atomic E-state index is 12.5. The van der Waals surface area contributed by atoms with Crippen molar-refractivity contribution in [2.45, 2.75) is 70.7 Å². The highest BCUT2D eigenvalue weighted by Crippen LogP contribution is 2.63. The van der Waals surface area contributed by atoms with E-state index in [1.54, 1.807) is 26.8 Å². The van der Waals surface area contributed by atoms with Gasteiger partial charge < -0.3 is 24.1 Å². The number of fused-ring (bicyclic) bond motifs is 5. The Labute approximate surface area is 174 Å². The molecule has 2 heterocycles. The molecule has 0 unspecified atom stereocenters. The monoisotopic (exact) mass is 418 g/mol. The molecule has 8 heteroatoms. The van der Waals surface area contributed by atoms with Gasteiger partial charge in [0, 0.05) is 18.1 Å². The summed E-state index contributed by atoms with van der Waals surface area (Å²) in [6, 6.07) is 0. The molecular formula is C22H26O8. The lowest BCUT2D eigenvalue weighted by molar-refractivity contribution is -0.151. The highest BCUT2D eigenvalue weighted by atomic mass is 16.7. The largest absolute Gasteiger partial charge is 0.457 e. The quantitative estimate of drug-likeness (QED) is 0.241. The fourth-order valence-corrected chi connectivity index (χ4v) is 5.15. The van der Waals surface area contributed by atoms with Crippen LogP contribution in [0.4, 0.5) is 0 Å². The average molecular weight is 418 g/mol. The molecule has 162 valence electrons. The third kappa shape index (κ3) is 2.77. The van der Waals surface area contributed by atoms with Gasteiger partial charge in [-0.2, -0.15) is 0 Å². The van der Waals surface area contributed by atoms with Crippen LogP contribution in [0, 0.1) is 11.8 Å². The molecule has 0 amide bonds. The molecule has 1 saturated carbocycles. The lowest BCUT2D eigenvalue weighted by Crippen LogP contribution is -2.43. The van der Waals surface area contributed by atoms with E-state index in [4.69, 9.17) is 18.9 Å². The Kier molecular flexibility index (Phi) is 4.70. The molecule has 0 spiro atoms. The molecule has 0 bridgehead atoms. The van der Waals surface area contributed by atoms with Crippen LogP contribution in [0.5, 0.6) is 0 Å². The summed E-state index contributed by atoms with van der Waals surface area (Å²) in [6.07, 6.45) is -2.55. The minimum atomic E-state index is -1.25. The van der Waals surface area contributed by atoms with Gasteiger partial charge in [0.25, 0.3) is 0 Å². The number of carbonyl (C=O) groups excluding carboxylic acids is 3. The first kappa shape index (κ1) is 20.8. The Bertz CT molecular complexity index is 914. The van der Waals surface area contributed by atoms with Gasteiger partial charge in [0.2, 0.25) is 0 Å². The van der Waals surface area contributed by atoms with Crippen molar-refractivity contribution in [3.63, 3.8) is 0 Å². The number of esters is 3. The Morgan fingerprint density at radius 3 is 2.50 bits per heavy atom. The van der Waals surface area contributed by atoms with E-state index in [9.17, 15) is 19.5 Å². The SMILES string of the molecule is C=C1C(=O)O[C@H]2[C@@H]1[C@@H](O)[C@H](OC(=O)/C(C)=C\C)C(C)=C1[C@H](OC(C)=O)[C@H]3O[C@@]3(C)[C@@H]12. The molecule has 2 aliphatic heterocycles. The minimum absolute atomic E-state index is 0.127. The van der Waals surface area contributed by atoms with Crippen LogP contribution in [0.1, 0.15) is 34.6 Å². The maximum atomic E-state index is 12.5. The van der Waals surface area contributed by atoms with Crippen LogP contribution < -0.4 is 0 Å². The highest BCUT2D eigenvalue weighted by Gasteiger charge is 2.75. The van der Waals surface area contributed by atoms with Crippen LogP contribution in [0.2, 0.25) is 0 Å². The van der Waals surface area contributed by atoms with E-state index in [0.29, 0.717) is 16.7 Å². The predicted molar refractivity (Wildman–Crippen MR) is 103 cm³/mol. The number of aliphatic hydroxyl groups is 1. The summed E-state index contributed by atoms with van der Waals surface area (Å²) in [5, 5.41) is 11.2. The number of ether oxygens (including phenoxy) is 4. The molecule has 8 atom stereocenters. The number of allylic oxidation sites excluding steroid dienone is 1. The normalized spacial score (nSPS) is 42.1. The first-order chi connectivity index (χ1) is 14.0. The Balaban J connectivity index is 1.85. The van der Waals surface area contributed by atoms with E-state index < -0.39 is 65.9 Å². The highest BCUT2D eigenvalue weighted by molar-refractivity contribution is 5.91. The summed E-state index contributed by atoms with van der Waals surface area (Å²) in [5.41, 5.74) is 1.04. The molecule has 2 aliphatic carbocycles. The fraction of sp³-hybridized carbons (Fsp3) is 0.591. The van der Waals surface area contributed by atoms with Crippen molar-refractivity contribution in [3.05, 3.63) is 34.9 Å². The van der Waals surface area contributed by atoms with Crippen molar-refractivity contribution in [1.82, 2.24) is 0 Å². The maximum Gasteiger partial charge on any atom is 0.334 e. The molecule has 4 aliphatic rings. The number of hydrogen-bond donors (Lipinski definition) is 1. The van der Waals surface area contributed by atoms with Gasteiger partial charge in [-0.25, -0.2) is 9.59 Å². The van der Waals surface area contributed by atoms with Gasteiger partial charge in [-0.15, -0.1) is 0 Å². The van der Waals surface area contributed by atoms with Gasteiger partial charge >= 0.3 is 17.9 Å². The third-order valence-corrected chi connectivity index (χ3v) is 6.86. The molecule has 0 aromatic heterocycles. The number of hydrogen-bond acceptors (Lipinski definition) is 8. The second-order valence-corrected chi connectivity index (χ2v) is 8.58. The van der Waals surface area contributed by atoms with Crippen LogP contribution in [0.3, 0.4) is 0 Å². The van der Waals surface area contributed by atoms with Gasteiger partial charge in [0.1, 0.15) is 30.0 Å². The molecule has 1 N–H and O–H groups in total. The first-order valence-electron chi connectivity index (χ1n) is 10.00. The van der Waals surface area contributed by atoms with Crippen molar-refractivity contribution >= 4 is 17.9 Å². The lowest BCUT2D eigenvalue weighted by Gasteiger charge is -2.29. The zero-order valence-corrected chi connectivity index (χ0v) is 17.6. The number of aliphatic hydroxyl groups excluding tert-OH is 1. The molecule has 0 aromatic rings. The van der Waals surface area contributed by atoms with Crippen molar-refractivity contribution in [2.24, 2.45) is 11.8 Å². The summed E-state index contributed by atoms with van der Waals surface area (Å²) in [6.45, 7) is 12.1. The van der Waals surface area contributed by atoms with E-state index in [1.807, 2.05) is 6.92 Å². The smallest absolute Gasteiger partial charge is 0.334 e. The summed E-state index contributed by atoms with van der Waals surface area (Å²) >= 11 is 0. The van der Waals surface area contributed by atoms with Crippen LogP contribution in [-0.2, 0) is 33.3 Å². The topological polar surface area (TPSA) is 112 Å². The van der Waals surface area contributed by atoms with Crippen LogP contribution >= 0.6 is 0 Å². The standard InChI is InChI=1S/C22H26O8/c1-7-8(2)20(25)28-16-9(3)12-14(17-13(15(16)24)10(4)21(26)29-17)22(6)19(30-22)18(12)27-11(5)23/h7,13-19,24H,4H2,1-3,5-6H3/b8-7-/t13-,14-,15+,16+,17-,18-,19+,22-/m0/s1. The van der Waals surface area contributed by atoms with Gasteiger partial charge in [-0.1, -0.05) is 12.7 Å². The second-order valence-electron chi connectivity index (χ2n) is 8.58. The molecule has 8 nitrogen and oxygen atoms in total. The van der Waals surface area contributed by atoms with E-state index in [-0.39, 0.29) is 5.57 Å². The van der Waals surface area contributed by atoms with Crippen molar-refractivity contribution in [1.29, 1.82) is 0 Å². The van der Waals surface area contributed by atoms with Crippen molar-refractivity contribution in [2.75, 3.05) is 0 Å². The molecule has 3 fully saturated rings. The van der Waals surface area contributed by atoms with E-state index in [1.165, 1.54) is 6.92 Å². The molecular weight excluding hydrogens is 392 g/mol. The summed E-state index contributed by atoms with van der Waals surface area (Å²) in [4.78, 5) is 36.6. The van der Waals surface area contributed by atoms with Gasteiger partial charge in [-0.3, -0.25) is 4.79 Å². The second kappa shape index (κ2) is 6.78. The number of rotatable bonds is 3. The van der Waals surface area contributed by atoms with E-state index in [2.05, 4.69) is 6.58 Å². The fourth-order valence-electron chi connectivity index (χ4n) is 5.15. The summed E-state index contributed by atoms with van der Waals surface area (Å²) in [5.74, 6) is -2.90. The van der Waals surface area contributed by atoms with Crippen LogP contribution in [-0.4, -0.2) is 59.1 Å². The zero-order chi connectivity index (χ0) is 22.1. The minimum Gasteiger partial charge on any atom is -0.457 e. The first-order valence-corrected chi connectivity index (χ1v) is 10.00. The molecule has 2 saturated heterocycles. The third-order valence-electron chi connectivity index (χ3n) is 6.86. The van der Waals surface area contributed by atoms with Gasteiger partial charge in [-0.05, 0) is 38.8 Å². The molecule has 0 radical (unpaired) electrons. The lowest BCUT2D eigenvalue weighted by atomic mass is 9.80. The Morgan fingerprint density at radius 1 is 1.23 bits per heavy atom. The predicted octanol–water partition coefficient (Wildman–Crippen LogP) is 1.37. The Morgan fingerprint density at radius 2 is 1.90 bits per heavy atom. The summed E-state index contributed by atoms with van der Waals surface area (Å²) < 4.78 is 22.8. The Hall–Kier alpha value is -2.45. The zero-order valence-electron chi connectivity index (χ0n) is 17.6.